The lowest BCUT2D eigenvalue weighted by Gasteiger charge is -2.09. The number of benzene rings is 1. The molecule has 1 heterocycles. The van der Waals surface area contributed by atoms with Crippen molar-refractivity contribution in [2.45, 2.75) is 13.5 Å². The molecule has 0 unspecified atom stereocenters. The first kappa shape index (κ1) is 11.4. The minimum atomic E-state index is -0.0199. The van der Waals surface area contributed by atoms with Crippen LogP contribution in [0.1, 0.15) is 11.1 Å². The van der Waals surface area contributed by atoms with Gasteiger partial charge in [-0.3, -0.25) is 0 Å². The fourth-order valence-electron chi connectivity index (χ4n) is 1.45. The van der Waals surface area contributed by atoms with E-state index in [4.69, 9.17) is 15.6 Å². The third-order valence-corrected chi connectivity index (χ3v) is 2.47. The minimum Gasteiger partial charge on any atom is -0.437 e. The Morgan fingerprint density at radius 3 is 2.94 bits per heavy atom. The maximum atomic E-state index is 9.03. The second-order valence-electron chi connectivity index (χ2n) is 3.75. The standard InChI is InChI=1S/C13H14N2O2/c1-9-5-6-15-13(12(9)14)17-11-4-2-3-10(7-11)8-16/h2-7,16H,8,14H2,1H3. The number of aromatic nitrogens is 1. The topological polar surface area (TPSA) is 68.4 Å². The Bertz CT molecular complexity index is 527. The zero-order valence-electron chi connectivity index (χ0n) is 9.55. The summed E-state index contributed by atoms with van der Waals surface area (Å²) in [5.74, 6) is 1.00. The van der Waals surface area contributed by atoms with Gasteiger partial charge in [0, 0.05) is 6.20 Å². The molecule has 0 spiro atoms. The molecule has 0 atom stereocenters. The van der Waals surface area contributed by atoms with Crippen molar-refractivity contribution in [1.82, 2.24) is 4.98 Å². The molecule has 0 bridgehead atoms. The van der Waals surface area contributed by atoms with E-state index in [1.54, 1.807) is 18.3 Å². The summed E-state index contributed by atoms with van der Waals surface area (Å²) in [7, 11) is 0. The number of nitrogens with zero attached hydrogens (tertiary/aromatic N) is 1. The van der Waals surface area contributed by atoms with Crippen molar-refractivity contribution >= 4 is 5.69 Å². The second-order valence-corrected chi connectivity index (χ2v) is 3.75. The molecule has 0 radical (unpaired) electrons. The number of pyridine rings is 1. The van der Waals surface area contributed by atoms with Gasteiger partial charge in [0.2, 0.25) is 5.88 Å². The molecule has 0 aliphatic rings. The van der Waals surface area contributed by atoms with Crippen LogP contribution in [-0.2, 0) is 6.61 Å². The molecule has 1 aromatic heterocycles. The van der Waals surface area contributed by atoms with Crippen molar-refractivity contribution in [1.29, 1.82) is 0 Å². The Balaban J connectivity index is 2.28. The van der Waals surface area contributed by atoms with Crippen LogP contribution in [0.4, 0.5) is 5.69 Å². The summed E-state index contributed by atoms with van der Waals surface area (Å²) in [5, 5.41) is 9.03. The Hall–Kier alpha value is -2.07. The SMILES string of the molecule is Cc1ccnc(Oc2cccc(CO)c2)c1N. The molecular weight excluding hydrogens is 216 g/mol. The number of hydrogen-bond acceptors (Lipinski definition) is 4. The molecule has 2 aromatic rings. The number of rotatable bonds is 3. The maximum Gasteiger partial charge on any atom is 0.242 e. The lowest BCUT2D eigenvalue weighted by molar-refractivity contribution is 0.281. The third kappa shape index (κ3) is 2.54. The number of anilines is 1. The van der Waals surface area contributed by atoms with E-state index in [-0.39, 0.29) is 6.61 Å². The molecule has 0 aliphatic carbocycles. The minimum absolute atomic E-state index is 0.0199. The lowest BCUT2D eigenvalue weighted by atomic mass is 10.2. The average molecular weight is 230 g/mol. The van der Waals surface area contributed by atoms with Gasteiger partial charge in [0.25, 0.3) is 0 Å². The summed E-state index contributed by atoms with van der Waals surface area (Å²) >= 11 is 0. The smallest absolute Gasteiger partial charge is 0.242 e. The Morgan fingerprint density at radius 2 is 2.18 bits per heavy atom. The Kier molecular flexibility index (Phi) is 3.25. The van der Waals surface area contributed by atoms with Crippen LogP contribution in [0, 0.1) is 6.92 Å². The highest BCUT2D eigenvalue weighted by molar-refractivity contribution is 5.55. The number of nitrogen functional groups attached to an aromatic ring is 1. The van der Waals surface area contributed by atoms with Crippen molar-refractivity contribution in [3.63, 3.8) is 0 Å². The van der Waals surface area contributed by atoms with E-state index in [1.165, 1.54) is 0 Å². The molecule has 3 N–H and O–H groups in total. The van der Waals surface area contributed by atoms with Crippen LogP contribution in [0.3, 0.4) is 0 Å². The van der Waals surface area contributed by atoms with E-state index >= 15 is 0 Å². The number of aryl methyl sites for hydroxylation is 1. The summed E-state index contributed by atoms with van der Waals surface area (Å²) in [5.41, 5.74) is 8.10. The van der Waals surface area contributed by atoms with Crippen LogP contribution < -0.4 is 10.5 Å². The van der Waals surface area contributed by atoms with Gasteiger partial charge in [0.1, 0.15) is 5.75 Å². The van der Waals surface area contributed by atoms with E-state index in [1.807, 2.05) is 25.1 Å². The van der Waals surface area contributed by atoms with Gasteiger partial charge in [-0.2, -0.15) is 0 Å². The summed E-state index contributed by atoms with van der Waals surface area (Å²) in [6, 6.07) is 9.01. The highest BCUT2D eigenvalue weighted by Gasteiger charge is 2.06. The molecule has 17 heavy (non-hydrogen) atoms. The van der Waals surface area contributed by atoms with E-state index in [0.717, 1.165) is 11.1 Å². The molecule has 0 amide bonds. The third-order valence-electron chi connectivity index (χ3n) is 2.47. The first-order chi connectivity index (χ1) is 8.20. The van der Waals surface area contributed by atoms with Gasteiger partial charge in [0.05, 0.1) is 12.3 Å². The molecule has 0 aliphatic heterocycles. The summed E-state index contributed by atoms with van der Waals surface area (Å²) in [6.07, 6.45) is 1.65. The number of nitrogens with two attached hydrogens (primary N) is 1. The molecule has 0 saturated carbocycles. The van der Waals surface area contributed by atoms with E-state index < -0.39 is 0 Å². The van der Waals surface area contributed by atoms with Crippen molar-refractivity contribution < 1.29 is 9.84 Å². The van der Waals surface area contributed by atoms with Crippen molar-refractivity contribution in [2.75, 3.05) is 5.73 Å². The number of aliphatic hydroxyl groups excluding tert-OH is 1. The van der Waals surface area contributed by atoms with Gasteiger partial charge < -0.3 is 15.6 Å². The molecule has 0 fully saturated rings. The van der Waals surface area contributed by atoms with Crippen molar-refractivity contribution in [3.05, 3.63) is 47.7 Å². The zero-order chi connectivity index (χ0) is 12.3. The monoisotopic (exact) mass is 230 g/mol. The number of hydrogen-bond donors (Lipinski definition) is 2. The predicted molar refractivity (Wildman–Crippen MR) is 65.8 cm³/mol. The molecule has 2 rings (SSSR count). The van der Waals surface area contributed by atoms with Gasteiger partial charge in [0.15, 0.2) is 0 Å². The molecular formula is C13H14N2O2. The molecule has 1 aromatic carbocycles. The fraction of sp³-hybridized carbons (Fsp3) is 0.154. The van der Waals surface area contributed by atoms with Crippen LogP contribution in [0.5, 0.6) is 11.6 Å². The Labute approximate surface area is 99.7 Å². The first-order valence-corrected chi connectivity index (χ1v) is 5.29. The molecule has 0 saturated heterocycles. The van der Waals surface area contributed by atoms with Crippen molar-refractivity contribution in [2.24, 2.45) is 0 Å². The highest BCUT2D eigenvalue weighted by Crippen LogP contribution is 2.27. The zero-order valence-corrected chi connectivity index (χ0v) is 9.55. The van der Waals surface area contributed by atoms with Crippen LogP contribution in [0.15, 0.2) is 36.5 Å². The van der Waals surface area contributed by atoms with Crippen LogP contribution >= 0.6 is 0 Å². The quantitative estimate of drug-likeness (QED) is 0.848. The molecule has 88 valence electrons. The predicted octanol–water partition coefficient (Wildman–Crippen LogP) is 2.26. The van der Waals surface area contributed by atoms with Gasteiger partial charge in [-0.05, 0) is 36.2 Å². The van der Waals surface area contributed by atoms with E-state index in [0.29, 0.717) is 17.3 Å². The van der Waals surface area contributed by atoms with Gasteiger partial charge in [-0.15, -0.1) is 0 Å². The fourth-order valence-corrected chi connectivity index (χ4v) is 1.45. The van der Waals surface area contributed by atoms with Gasteiger partial charge in [-0.1, -0.05) is 12.1 Å². The lowest BCUT2D eigenvalue weighted by Crippen LogP contribution is -1.97. The molecule has 4 heteroatoms. The normalized spacial score (nSPS) is 10.2. The Morgan fingerprint density at radius 1 is 1.35 bits per heavy atom. The van der Waals surface area contributed by atoms with Crippen LogP contribution in [-0.4, -0.2) is 10.1 Å². The molecule has 4 nitrogen and oxygen atoms in total. The van der Waals surface area contributed by atoms with Gasteiger partial charge >= 0.3 is 0 Å². The number of ether oxygens (including phenoxy) is 1. The summed E-state index contributed by atoms with van der Waals surface area (Å²) < 4.78 is 5.59. The van der Waals surface area contributed by atoms with Crippen molar-refractivity contribution in [3.8, 4) is 11.6 Å². The second kappa shape index (κ2) is 4.84. The number of aliphatic hydroxyl groups is 1. The summed E-state index contributed by atoms with van der Waals surface area (Å²) in [6.45, 7) is 1.88. The van der Waals surface area contributed by atoms with E-state index in [9.17, 15) is 0 Å². The maximum absolute atomic E-state index is 9.03. The summed E-state index contributed by atoms with van der Waals surface area (Å²) in [4.78, 5) is 4.08. The van der Waals surface area contributed by atoms with Gasteiger partial charge in [-0.25, -0.2) is 4.98 Å². The van der Waals surface area contributed by atoms with Crippen LogP contribution in [0.25, 0.3) is 0 Å². The largest absolute Gasteiger partial charge is 0.437 e. The first-order valence-electron chi connectivity index (χ1n) is 5.29. The van der Waals surface area contributed by atoms with E-state index in [2.05, 4.69) is 4.98 Å². The highest BCUT2D eigenvalue weighted by atomic mass is 16.5. The average Bonchev–Trinajstić information content (AvgIpc) is 2.35. The van der Waals surface area contributed by atoms with Crippen LogP contribution in [0.2, 0.25) is 0 Å².